The Morgan fingerprint density at radius 1 is 1.64 bits per heavy atom. The molecule has 1 aromatic rings. The summed E-state index contributed by atoms with van der Waals surface area (Å²) >= 11 is 0. The lowest BCUT2D eigenvalue weighted by molar-refractivity contribution is -0.142. The van der Waals surface area contributed by atoms with Crippen molar-refractivity contribution in [1.82, 2.24) is 9.97 Å². The lowest BCUT2D eigenvalue weighted by Gasteiger charge is -1.90. The summed E-state index contributed by atoms with van der Waals surface area (Å²) < 4.78 is 0. The number of hydrogen-bond donors (Lipinski definition) is 3. The van der Waals surface area contributed by atoms with E-state index in [1.807, 2.05) is 0 Å². The largest absolute Gasteiger partial charge is 0.362 e. The Hall–Kier alpha value is -1.20. The van der Waals surface area contributed by atoms with Gasteiger partial charge in [0.15, 0.2) is 5.78 Å². The number of aliphatic hydroxyl groups is 2. The van der Waals surface area contributed by atoms with Crippen LogP contribution in [0.3, 0.4) is 0 Å². The molecule has 5 nitrogen and oxygen atoms in total. The molecular formula is C6H10N2O3. The maximum atomic E-state index is 9.64. The lowest BCUT2D eigenvalue weighted by atomic mass is 10.4. The molecule has 0 saturated carbocycles. The summed E-state index contributed by atoms with van der Waals surface area (Å²) in [6, 6.07) is 0. The van der Waals surface area contributed by atoms with E-state index in [1.54, 1.807) is 18.7 Å². The number of aromatic amines is 1. The van der Waals surface area contributed by atoms with Crippen molar-refractivity contribution in [3.05, 3.63) is 18.7 Å². The number of ketones is 1. The van der Waals surface area contributed by atoms with Crippen molar-refractivity contribution >= 4 is 5.78 Å². The van der Waals surface area contributed by atoms with Gasteiger partial charge < -0.3 is 15.2 Å². The van der Waals surface area contributed by atoms with Gasteiger partial charge in [-0.15, -0.1) is 0 Å². The molecule has 11 heavy (non-hydrogen) atoms. The molecule has 0 aromatic carbocycles. The second kappa shape index (κ2) is 5.57. The van der Waals surface area contributed by atoms with Gasteiger partial charge in [-0.3, -0.25) is 4.79 Å². The molecule has 0 spiro atoms. The van der Waals surface area contributed by atoms with E-state index in [9.17, 15) is 4.79 Å². The van der Waals surface area contributed by atoms with E-state index >= 15 is 0 Å². The number of hydrogen-bond acceptors (Lipinski definition) is 4. The molecule has 0 radical (unpaired) electrons. The van der Waals surface area contributed by atoms with E-state index in [-0.39, 0.29) is 0 Å². The minimum Gasteiger partial charge on any atom is -0.362 e. The fourth-order valence-electron chi connectivity index (χ4n) is 0.215. The van der Waals surface area contributed by atoms with E-state index in [0.717, 1.165) is 6.92 Å². The predicted molar refractivity (Wildman–Crippen MR) is 37.5 cm³/mol. The number of aliphatic hydroxyl groups excluding tert-OH is 1. The number of imidazole rings is 1. The van der Waals surface area contributed by atoms with E-state index < -0.39 is 12.1 Å². The SMILES string of the molecule is CC(=O)C(O)O.c1c[nH]cn1. The second-order valence-corrected chi connectivity index (χ2v) is 1.74. The molecule has 0 atom stereocenters. The summed E-state index contributed by atoms with van der Waals surface area (Å²) in [5.41, 5.74) is 0. The predicted octanol–water partition coefficient (Wildman–Crippen LogP) is -0.704. The van der Waals surface area contributed by atoms with Gasteiger partial charge in [-0.05, 0) is 6.92 Å². The fourth-order valence-corrected chi connectivity index (χ4v) is 0.215. The van der Waals surface area contributed by atoms with Crippen LogP contribution in [-0.2, 0) is 4.79 Å². The lowest BCUT2D eigenvalue weighted by Crippen LogP contribution is -2.14. The van der Waals surface area contributed by atoms with Crippen molar-refractivity contribution < 1.29 is 15.0 Å². The summed E-state index contributed by atoms with van der Waals surface area (Å²) in [6.07, 6.45) is 3.30. The first-order valence-corrected chi connectivity index (χ1v) is 2.94. The summed E-state index contributed by atoms with van der Waals surface area (Å²) in [5.74, 6) is -0.630. The average Bonchev–Trinajstić information content (AvgIpc) is 2.41. The molecule has 1 rings (SSSR count). The smallest absolute Gasteiger partial charge is 0.212 e. The van der Waals surface area contributed by atoms with Crippen LogP contribution in [-0.4, -0.2) is 32.3 Å². The number of aromatic nitrogens is 2. The molecule has 0 unspecified atom stereocenters. The average molecular weight is 158 g/mol. The highest BCUT2D eigenvalue weighted by atomic mass is 16.5. The summed E-state index contributed by atoms with van der Waals surface area (Å²) in [5, 5.41) is 15.7. The third-order valence-electron chi connectivity index (χ3n) is 0.770. The Balaban J connectivity index is 0.000000183. The quantitative estimate of drug-likeness (QED) is 0.471. The Kier molecular flexibility index (Phi) is 4.97. The van der Waals surface area contributed by atoms with Crippen LogP contribution < -0.4 is 0 Å². The van der Waals surface area contributed by atoms with Gasteiger partial charge in [-0.1, -0.05) is 0 Å². The zero-order chi connectivity index (χ0) is 8.69. The van der Waals surface area contributed by atoms with Crippen LogP contribution in [0.2, 0.25) is 0 Å². The van der Waals surface area contributed by atoms with Crippen molar-refractivity contribution in [2.24, 2.45) is 0 Å². The standard InChI is InChI=1S/C3H4N2.C3H6O3/c1-2-5-3-4-1;1-2(4)3(5)6/h1-3H,(H,4,5);3,5-6H,1H3. The Morgan fingerprint density at radius 2 is 2.18 bits per heavy atom. The minimum atomic E-state index is -1.79. The topological polar surface area (TPSA) is 86.2 Å². The van der Waals surface area contributed by atoms with E-state index in [2.05, 4.69) is 9.97 Å². The van der Waals surface area contributed by atoms with Crippen molar-refractivity contribution in [2.45, 2.75) is 13.2 Å². The molecule has 62 valence electrons. The maximum Gasteiger partial charge on any atom is 0.212 e. The van der Waals surface area contributed by atoms with Crippen LogP contribution in [0.4, 0.5) is 0 Å². The molecule has 0 saturated heterocycles. The molecule has 0 fully saturated rings. The number of rotatable bonds is 1. The van der Waals surface area contributed by atoms with Crippen molar-refractivity contribution in [1.29, 1.82) is 0 Å². The van der Waals surface area contributed by atoms with Crippen molar-refractivity contribution in [3.63, 3.8) is 0 Å². The molecule has 0 aliphatic carbocycles. The van der Waals surface area contributed by atoms with Gasteiger partial charge in [-0.2, -0.15) is 0 Å². The number of Topliss-reactive ketones (excluding diaryl/α,β-unsaturated/α-hetero) is 1. The van der Waals surface area contributed by atoms with Gasteiger partial charge in [0, 0.05) is 12.4 Å². The molecule has 5 heteroatoms. The summed E-state index contributed by atoms with van der Waals surface area (Å²) in [6.45, 7) is 1.10. The third kappa shape index (κ3) is 6.69. The molecule has 0 amide bonds. The number of H-pyrrole nitrogens is 1. The van der Waals surface area contributed by atoms with Crippen molar-refractivity contribution in [3.8, 4) is 0 Å². The van der Waals surface area contributed by atoms with E-state index in [0.29, 0.717) is 0 Å². The number of carbonyl (C=O) groups excluding carboxylic acids is 1. The monoisotopic (exact) mass is 158 g/mol. The van der Waals surface area contributed by atoms with Crippen LogP contribution in [0, 0.1) is 0 Å². The molecule has 1 aromatic heterocycles. The number of nitrogens with one attached hydrogen (secondary N) is 1. The van der Waals surface area contributed by atoms with Gasteiger partial charge in [0.25, 0.3) is 0 Å². The highest BCUT2D eigenvalue weighted by Crippen LogP contribution is 1.72. The maximum absolute atomic E-state index is 9.64. The van der Waals surface area contributed by atoms with E-state index in [1.165, 1.54) is 0 Å². The molecule has 0 aliphatic rings. The van der Waals surface area contributed by atoms with Crippen LogP contribution in [0.5, 0.6) is 0 Å². The first kappa shape index (κ1) is 9.80. The zero-order valence-electron chi connectivity index (χ0n) is 6.06. The Labute approximate surface area is 63.7 Å². The fraction of sp³-hybridized carbons (Fsp3) is 0.333. The van der Waals surface area contributed by atoms with Crippen LogP contribution >= 0.6 is 0 Å². The van der Waals surface area contributed by atoms with E-state index in [4.69, 9.17) is 10.2 Å². The normalized spacial score (nSPS) is 8.73. The summed E-state index contributed by atoms with van der Waals surface area (Å²) in [4.78, 5) is 16.1. The third-order valence-corrected chi connectivity index (χ3v) is 0.770. The van der Waals surface area contributed by atoms with Gasteiger partial charge >= 0.3 is 0 Å². The molecular weight excluding hydrogens is 148 g/mol. The molecule has 0 aliphatic heterocycles. The molecule has 0 bridgehead atoms. The van der Waals surface area contributed by atoms with Gasteiger partial charge in [0.05, 0.1) is 6.33 Å². The number of nitrogens with zero attached hydrogens (tertiary/aromatic N) is 1. The van der Waals surface area contributed by atoms with Crippen LogP contribution in [0.1, 0.15) is 6.92 Å². The number of carbonyl (C=O) groups is 1. The highest BCUT2D eigenvalue weighted by Gasteiger charge is 1.99. The Bertz CT molecular complexity index is 166. The second-order valence-electron chi connectivity index (χ2n) is 1.74. The highest BCUT2D eigenvalue weighted by molar-refractivity contribution is 5.78. The van der Waals surface area contributed by atoms with Gasteiger partial charge in [-0.25, -0.2) is 4.98 Å². The zero-order valence-corrected chi connectivity index (χ0v) is 6.06. The first-order valence-electron chi connectivity index (χ1n) is 2.94. The van der Waals surface area contributed by atoms with Crippen LogP contribution in [0.15, 0.2) is 18.7 Å². The summed E-state index contributed by atoms with van der Waals surface area (Å²) in [7, 11) is 0. The molecule has 1 heterocycles. The Morgan fingerprint density at radius 3 is 2.27 bits per heavy atom. The first-order chi connectivity index (χ1) is 5.14. The van der Waals surface area contributed by atoms with Crippen molar-refractivity contribution in [2.75, 3.05) is 0 Å². The molecule has 3 N–H and O–H groups in total. The van der Waals surface area contributed by atoms with Gasteiger partial charge in [0.2, 0.25) is 6.29 Å². The van der Waals surface area contributed by atoms with Crippen LogP contribution in [0.25, 0.3) is 0 Å². The van der Waals surface area contributed by atoms with Gasteiger partial charge in [0.1, 0.15) is 0 Å². The minimum absolute atomic E-state index is 0.630.